The van der Waals surface area contributed by atoms with Gasteiger partial charge < -0.3 is 14.7 Å². The van der Waals surface area contributed by atoms with E-state index in [2.05, 4.69) is 0 Å². The highest BCUT2D eigenvalue weighted by atomic mass is 35.5. The first-order valence-electron chi connectivity index (χ1n) is 9.46. The highest BCUT2D eigenvalue weighted by molar-refractivity contribution is 6.30. The van der Waals surface area contributed by atoms with Crippen LogP contribution in [0.4, 0.5) is 13.2 Å². The Morgan fingerprint density at radius 2 is 1.90 bits per heavy atom. The predicted molar refractivity (Wildman–Crippen MR) is 108 cm³/mol. The van der Waals surface area contributed by atoms with Crippen molar-refractivity contribution in [3.8, 4) is 5.75 Å². The SMILES string of the molecule is O=C(/C=C(/c1ccc(Cl)cc1)C(F)(F)F)N(Cc1ccccc1O)CC1CCCO1. The molecule has 0 radical (unpaired) electrons. The third kappa shape index (κ3) is 5.77. The summed E-state index contributed by atoms with van der Waals surface area (Å²) < 4.78 is 46.6. The third-order valence-corrected chi connectivity index (χ3v) is 5.09. The molecule has 1 fully saturated rings. The number of amides is 1. The first kappa shape index (κ1) is 22.2. The highest BCUT2D eigenvalue weighted by Crippen LogP contribution is 2.34. The van der Waals surface area contributed by atoms with Crippen LogP contribution in [-0.4, -0.2) is 41.3 Å². The van der Waals surface area contributed by atoms with Crippen molar-refractivity contribution in [1.29, 1.82) is 0 Å². The second-order valence-corrected chi connectivity index (χ2v) is 7.48. The lowest BCUT2D eigenvalue weighted by atomic mass is 10.0. The second-order valence-electron chi connectivity index (χ2n) is 7.05. The number of carbonyl (C=O) groups excluding carboxylic acids is 1. The number of halogens is 4. The van der Waals surface area contributed by atoms with Crippen LogP contribution in [0.1, 0.15) is 24.0 Å². The van der Waals surface area contributed by atoms with Crippen LogP contribution in [-0.2, 0) is 16.1 Å². The highest BCUT2D eigenvalue weighted by Gasteiger charge is 2.36. The number of nitrogens with zero attached hydrogens (tertiary/aromatic N) is 1. The fourth-order valence-electron chi connectivity index (χ4n) is 3.29. The number of aromatic hydroxyl groups is 1. The van der Waals surface area contributed by atoms with E-state index in [9.17, 15) is 23.1 Å². The van der Waals surface area contributed by atoms with Crippen LogP contribution < -0.4 is 0 Å². The molecule has 1 atom stereocenters. The summed E-state index contributed by atoms with van der Waals surface area (Å²) in [6.45, 7) is 0.654. The van der Waals surface area contributed by atoms with Crippen molar-refractivity contribution in [1.82, 2.24) is 4.90 Å². The number of phenolic OH excluding ortho intramolecular Hbond substituents is 1. The number of carbonyl (C=O) groups is 1. The van der Waals surface area contributed by atoms with Crippen LogP contribution >= 0.6 is 11.6 Å². The van der Waals surface area contributed by atoms with E-state index in [1.165, 1.54) is 35.2 Å². The van der Waals surface area contributed by atoms with E-state index in [1.54, 1.807) is 18.2 Å². The monoisotopic (exact) mass is 439 g/mol. The van der Waals surface area contributed by atoms with Gasteiger partial charge in [0.25, 0.3) is 0 Å². The summed E-state index contributed by atoms with van der Waals surface area (Å²) in [4.78, 5) is 14.2. The van der Waals surface area contributed by atoms with Crippen LogP contribution in [0, 0.1) is 0 Å². The van der Waals surface area contributed by atoms with Crippen LogP contribution in [0.2, 0.25) is 5.02 Å². The zero-order valence-corrected chi connectivity index (χ0v) is 16.8. The minimum absolute atomic E-state index is 0.0274. The first-order chi connectivity index (χ1) is 14.2. The molecule has 1 amide bonds. The number of hydrogen-bond donors (Lipinski definition) is 1. The summed E-state index contributed by atoms with van der Waals surface area (Å²) in [6, 6.07) is 11.5. The van der Waals surface area contributed by atoms with Gasteiger partial charge in [0.2, 0.25) is 5.91 Å². The predicted octanol–water partition coefficient (Wildman–Crippen LogP) is 5.20. The van der Waals surface area contributed by atoms with E-state index in [4.69, 9.17) is 16.3 Å². The molecule has 4 nitrogen and oxygen atoms in total. The maximum absolute atomic E-state index is 13.7. The fourth-order valence-corrected chi connectivity index (χ4v) is 3.42. The van der Waals surface area contributed by atoms with Gasteiger partial charge in [-0.3, -0.25) is 4.79 Å². The molecule has 1 saturated heterocycles. The molecule has 2 aromatic carbocycles. The van der Waals surface area contributed by atoms with Crippen molar-refractivity contribution in [3.05, 3.63) is 70.8 Å². The van der Waals surface area contributed by atoms with E-state index in [0.29, 0.717) is 23.3 Å². The Labute approximate surface area is 177 Å². The lowest BCUT2D eigenvalue weighted by Gasteiger charge is -2.25. The van der Waals surface area contributed by atoms with Crippen molar-refractivity contribution in [3.63, 3.8) is 0 Å². The molecule has 1 N–H and O–H groups in total. The fraction of sp³-hybridized carbons (Fsp3) is 0.318. The molecule has 0 aromatic heterocycles. The minimum atomic E-state index is -4.73. The lowest BCUT2D eigenvalue weighted by Crippen LogP contribution is -2.36. The van der Waals surface area contributed by atoms with Gasteiger partial charge in [0.1, 0.15) is 5.75 Å². The van der Waals surface area contributed by atoms with Crippen molar-refractivity contribution < 1.29 is 27.8 Å². The van der Waals surface area contributed by atoms with Gasteiger partial charge in [-0.25, -0.2) is 0 Å². The van der Waals surface area contributed by atoms with E-state index in [1.807, 2.05) is 0 Å². The van der Waals surface area contributed by atoms with Gasteiger partial charge in [0, 0.05) is 36.4 Å². The van der Waals surface area contributed by atoms with Crippen molar-refractivity contribution >= 4 is 23.1 Å². The van der Waals surface area contributed by atoms with Crippen LogP contribution in [0.15, 0.2) is 54.6 Å². The standard InChI is InChI=1S/C22H21ClF3NO3/c23-17-9-7-15(8-10-17)19(22(24,25)26)12-21(29)27(14-18-5-3-11-30-18)13-16-4-1-2-6-20(16)28/h1-2,4,6-10,12,18,28H,3,5,11,13-14H2/b19-12-. The molecule has 1 heterocycles. The summed E-state index contributed by atoms with van der Waals surface area (Å²) in [5, 5.41) is 10.3. The van der Waals surface area contributed by atoms with Crippen molar-refractivity contribution in [2.45, 2.75) is 31.7 Å². The summed E-state index contributed by atoms with van der Waals surface area (Å²) in [6.07, 6.45) is -2.83. The number of allylic oxidation sites excluding steroid dienone is 1. The lowest BCUT2D eigenvalue weighted by molar-refractivity contribution is -0.128. The number of para-hydroxylation sites is 1. The third-order valence-electron chi connectivity index (χ3n) is 4.84. The number of hydrogen-bond acceptors (Lipinski definition) is 3. The number of alkyl halides is 3. The van der Waals surface area contributed by atoms with E-state index in [0.717, 1.165) is 12.8 Å². The normalized spacial score (nSPS) is 17.2. The zero-order chi connectivity index (χ0) is 21.7. The van der Waals surface area contributed by atoms with Gasteiger partial charge in [-0.1, -0.05) is 41.9 Å². The van der Waals surface area contributed by atoms with Gasteiger partial charge in [-0.2, -0.15) is 13.2 Å². The van der Waals surface area contributed by atoms with Crippen molar-refractivity contribution in [2.75, 3.05) is 13.2 Å². The molecule has 30 heavy (non-hydrogen) atoms. The van der Waals surface area contributed by atoms with E-state index in [-0.39, 0.29) is 30.5 Å². The molecule has 3 rings (SSSR count). The number of benzene rings is 2. The van der Waals surface area contributed by atoms with Crippen molar-refractivity contribution in [2.24, 2.45) is 0 Å². The van der Waals surface area contributed by atoms with Gasteiger partial charge in [-0.05, 0) is 36.6 Å². The minimum Gasteiger partial charge on any atom is -0.508 e. The topological polar surface area (TPSA) is 49.8 Å². The molecule has 0 aliphatic carbocycles. The van der Waals surface area contributed by atoms with Crippen LogP contribution in [0.25, 0.3) is 5.57 Å². The largest absolute Gasteiger partial charge is 0.508 e. The smallest absolute Gasteiger partial charge is 0.417 e. The van der Waals surface area contributed by atoms with E-state index < -0.39 is 17.7 Å². The molecule has 0 bridgehead atoms. The van der Waals surface area contributed by atoms with Gasteiger partial charge in [0.15, 0.2) is 0 Å². The molecule has 2 aromatic rings. The van der Waals surface area contributed by atoms with Gasteiger partial charge >= 0.3 is 6.18 Å². The molecule has 0 spiro atoms. The Balaban J connectivity index is 1.92. The Kier molecular flexibility index (Phi) is 7.05. The Morgan fingerprint density at radius 3 is 2.50 bits per heavy atom. The summed E-state index contributed by atoms with van der Waals surface area (Å²) in [7, 11) is 0. The summed E-state index contributed by atoms with van der Waals surface area (Å²) in [5.74, 6) is -0.837. The molecule has 1 unspecified atom stereocenters. The maximum Gasteiger partial charge on any atom is 0.417 e. The molecular formula is C22H21ClF3NO3. The number of ether oxygens (including phenoxy) is 1. The molecule has 1 aliphatic heterocycles. The Hall–Kier alpha value is -2.51. The van der Waals surface area contributed by atoms with Crippen LogP contribution in [0.3, 0.4) is 0 Å². The average Bonchev–Trinajstić information content (AvgIpc) is 3.20. The average molecular weight is 440 g/mol. The molecular weight excluding hydrogens is 419 g/mol. The molecule has 8 heteroatoms. The van der Waals surface area contributed by atoms with Crippen LogP contribution in [0.5, 0.6) is 5.75 Å². The summed E-state index contributed by atoms with van der Waals surface area (Å²) in [5.41, 5.74) is -0.768. The van der Waals surface area contributed by atoms with E-state index >= 15 is 0 Å². The Morgan fingerprint density at radius 1 is 1.20 bits per heavy atom. The molecule has 0 saturated carbocycles. The Bertz CT molecular complexity index is 907. The molecule has 1 aliphatic rings. The quantitative estimate of drug-likeness (QED) is 0.629. The van der Waals surface area contributed by atoms with Gasteiger partial charge in [-0.15, -0.1) is 0 Å². The zero-order valence-electron chi connectivity index (χ0n) is 16.0. The number of rotatable bonds is 6. The molecule has 160 valence electrons. The van der Waals surface area contributed by atoms with Gasteiger partial charge in [0.05, 0.1) is 11.7 Å². The first-order valence-corrected chi connectivity index (χ1v) is 9.84. The summed E-state index contributed by atoms with van der Waals surface area (Å²) >= 11 is 5.77. The maximum atomic E-state index is 13.7. The second kappa shape index (κ2) is 9.53. The number of phenols is 1.